The van der Waals surface area contributed by atoms with Crippen LogP contribution in [0, 0.1) is 18.2 Å². The molecule has 0 radical (unpaired) electrons. The van der Waals surface area contributed by atoms with Crippen LogP contribution in [0.2, 0.25) is 0 Å². The molecule has 0 amide bonds. The largest absolute Gasteiger partial charge is 0.508 e. The van der Waals surface area contributed by atoms with Crippen LogP contribution in [0.25, 0.3) is 33.1 Å². The van der Waals surface area contributed by atoms with E-state index in [1.165, 1.54) is 18.2 Å². The Bertz CT molecular complexity index is 1800. The van der Waals surface area contributed by atoms with Crippen molar-refractivity contribution in [3.05, 3.63) is 41.7 Å². The number of benzene rings is 2. The van der Waals surface area contributed by atoms with E-state index in [9.17, 15) is 13.9 Å². The third-order valence-corrected chi connectivity index (χ3v) is 9.62. The summed E-state index contributed by atoms with van der Waals surface area (Å²) >= 11 is 0. The number of terminal acetylenes is 1. The molecule has 8 rings (SSSR count). The van der Waals surface area contributed by atoms with Crippen molar-refractivity contribution in [1.82, 2.24) is 30.4 Å². The predicted molar refractivity (Wildman–Crippen MR) is 158 cm³/mol. The van der Waals surface area contributed by atoms with Gasteiger partial charge in [-0.15, -0.1) is 16.6 Å². The van der Waals surface area contributed by atoms with Gasteiger partial charge < -0.3 is 20.1 Å². The van der Waals surface area contributed by atoms with Crippen LogP contribution in [-0.4, -0.2) is 86.8 Å². The molecule has 2 aromatic heterocycles. The first-order valence-corrected chi connectivity index (χ1v) is 14.9. The summed E-state index contributed by atoms with van der Waals surface area (Å²) in [6.07, 6.45) is 9.39. The Morgan fingerprint density at radius 2 is 1.95 bits per heavy atom. The van der Waals surface area contributed by atoms with Crippen LogP contribution in [0.15, 0.2) is 30.3 Å². The Labute approximate surface area is 247 Å². The van der Waals surface area contributed by atoms with Crippen molar-refractivity contribution in [2.45, 2.75) is 55.9 Å². The molecule has 4 aliphatic rings. The van der Waals surface area contributed by atoms with Crippen LogP contribution >= 0.6 is 0 Å². The standard InChI is InChI=1S/C32H31F2N7O2/c1-2-23-25(34)7-4-18-10-22(42)11-24(28(18)23)26-12-27-29(39-38-26)30(40-15-20-5-6-21(16-40)35-20)37-31(36-27)43-17-32-8-3-9-41(32)14-19(33)13-32/h1,4,7,10-12,19-21,35,42H,3,5-6,8-9,13-17H2/t19-,20?,21?,32+/m1/s1. The Balaban J connectivity index is 1.24. The number of rotatable bonds is 5. The summed E-state index contributed by atoms with van der Waals surface area (Å²) in [6, 6.07) is 8.59. The zero-order valence-electron chi connectivity index (χ0n) is 23.6. The lowest BCUT2D eigenvalue weighted by atomic mass is 9.95. The second-order valence-corrected chi connectivity index (χ2v) is 12.4. The molecule has 2 N–H and O–H groups in total. The van der Waals surface area contributed by atoms with Crippen molar-refractivity contribution in [2.75, 3.05) is 37.7 Å². The molecule has 0 spiro atoms. The number of phenols is 1. The van der Waals surface area contributed by atoms with Gasteiger partial charge in [0.25, 0.3) is 0 Å². The molecule has 4 atom stereocenters. The fraction of sp³-hybridized carbons (Fsp3) is 0.438. The van der Waals surface area contributed by atoms with Crippen LogP contribution in [0.1, 0.15) is 37.7 Å². The molecule has 0 saturated carbocycles. The van der Waals surface area contributed by atoms with E-state index in [0.29, 0.717) is 70.5 Å². The van der Waals surface area contributed by atoms with Gasteiger partial charge in [-0.3, -0.25) is 4.90 Å². The number of halogens is 2. The van der Waals surface area contributed by atoms with Gasteiger partial charge in [-0.05, 0) is 61.9 Å². The van der Waals surface area contributed by atoms with Gasteiger partial charge in [-0.1, -0.05) is 12.0 Å². The summed E-state index contributed by atoms with van der Waals surface area (Å²) in [4.78, 5) is 14.0. The lowest BCUT2D eigenvalue weighted by Crippen LogP contribution is -2.51. The van der Waals surface area contributed by atoms with E-state index in [2.05, 4.69) is 31.2 Å². The van der Waals surface area contributed by atoms with Crippen molar-refractivity contribution in [2.24, 2.45) is 0 Å². The number of alkyl halides is 1. The van der Waals surface area contributed by atoms with Crippen molar-refractivity contribution in [3.8, 4) is 35.4 Å². The van der Waals surface area contributed by atoms with Crippen LogP contribution in [0.4, 0.5) is 14.6 Å². The molecule has 4 saturated heterocycles. The average molecular weight is 584 g/mol. The molecule has 220 valence electrons. The minimum atomic E-state index is -0.860. The number of nitrogens with zero attached hydrogens (tertiary/aromatic N) is 6. The molecule has 43 heavy (non-hydrogen) atoms. The molecule has 4 aliphatic heterocycles. The highest BCUT2D eigenvalue weighted by Gasteiger charge is 2.49. The summed E-state index contributed by atoms with van der Waals surface area (Å²) in [7, 11) is 0. The summed E-state index contributed by atoms with van der Waals surface area (Å²) in [6.45, 7) is 3.16. The molecule has 4 aromatic rings. The normalized spacial score (nSPS) is 26.7. The third kappa shape index (κ3) is 4.43. The number of aromatic hydroxyl groups is 1. The smallest absolute Gasteiger partial charge is 0.319 e. The first-order valence-electron chi connectivity index (χ1n) is 14.9. The highest BCUT2D eigenvalue weighted by atomic mass is 19.1. The van der Waals surface area contributed by atoms with E-state index in [1.54, 1.807) is 12.1 Å². The SMILES string of the molecule is C#Cc1c(F)ccc2cc(O)cc(-c3cc4nc(OC[C@@]56CCCN5C[C@H](F)C6)nc(N5CC6CCC(C5)N6)c4nn3)c12. The fourth-order valence-corrected chi connectivity index (χ4v) is 7.70. The second kappa shape index (κ2) is 9.96. The summed E-state index contributed by atoms with van der Waals surface area (Å²) in [5.74, 6) is 2.55. The van der Waals surface area contributed by atoms with Gasteiger partial charge in [0.05, 0.1) is 16.8 Å². The zero-order chi connectivity index (χ0) is 29.3. The number of hydrogen-bond donors (Lipinski definition) is 2. The van der Waals surface area contributed by atoms with Gasteiger partial charge in [0.1, 0.15) is 29.9 Å². The zero-order valence-corrected chi connectivity index (χ0v) is 23.6. The van der Waals surface area contributed by atoms with Crippen LogP contribution in [-0.2, 0) is 0 Å². The van der Waals surface area contributed by atoms with E-state index in [1.807, 2.05) is 0 Å². The molecule has 2 bridgehead atoms. The monoisotopic (exact) mass is 583 g/mol. The Kier molecular flexibility index (Phi) is 6.14. The Morgan fingerprint density at radius 3 is 2.77 bits per heavy atom. The maximum atomic E-state index is 14.8. The predicted octanol–water partition coefficient (Wildman–Crippen LogP) is 3.96. The molecule has 11 heteroatoms. The van der Waals surface area contributed by atoms with E-state index in [0.717, 1.165) is 45.3 Å². The number of anilines is 1. The maximum Gasteiger partial charge on any atom is 0.319 e. The van der Waals surface area contributed by atoms with Crippen molar-refractivity contribution in [3.63, 3.8) is 0 Å². The maximum absolute atomic E-state index is 14.8. The summed E-state index contributed by atoms with van der Waals surface area (Å²) < 4.78 is 35.5. The molecule has 0 aliphatic carbocycles. The topological polar surface area (TPSA) is 99.5 Å². The first-order chi connectivity index (χ1) is 20.9. The quantitative estimate of drug-likeness (QED) is 0.338. The minimum Gasteiger partial charge on any atom is -0.508 e. The van der Waals surface area contributed by atoms with Crippen molar-refractivity contribution >= 4 is 27.6 Å². The fourth-order valence-electron chi connectivity index (χ4n) is 7.70. The summed E-state index contributed by atoms with van der Waals surface area (Å²) in [5.41, 5.74) is 1.59. The van der Waals surface area contributed by atoms with Crippen LogP contribution in [0.5, 0.6) is 11.8 Å². The number of fused-ring (bicyclic) bond motifs is 5. The van der Waals surface area contributed by atoms with Gasteiger partial charge in [0.2, 0.25) is 0 Å². The number of phenolic OH excluding ortho intramolecular Hbond substituents is 1. The number of hydrogen-bond acceptors (Lipinski definition) is 9. The van der Waals surface area contributed by atoms with Crippen molar-refractivity contribution < 1.29 is 18.6 Å². The van der Waals surface area contributed by atoms with Gasteiger partial charge in [0, 0.05) is 49.1 Å². The van der Waals surface area contributed by atoms with Crippen molar-refractivity contribution in [1.29, 1.82) is 0 Å². The lowest BCUT2D eigenvalue weighted by molar-refractivity contribution is 0.107. The Morgan fingerprint density at radius 1 is 1.12 bits per heavy atom. The molecular weight excluding hydrogens is 552 g/mol. The van der Waals surface area contributed by atoms with E-state index < -0.39 is 12.0 Å². The number of aromatic nitrogens is 4. The molecule has 2 aromatic carbocycles. The van der Waals surface area contributed by atoms with E-state index in [-0.39, 0.29) is 22.9 Å². The van der Waals surface area contributed by atoms with Crippen LogP contribution < -0.4 is 15.0 Å². The highest BCUT2D eigenvalue weighted by molar-refractivity contribution is 6.02. The Hall–Kier alpha value is -4.14. The summed E-state index contributed by atoms with van der Waals surface area (Å²) in [5, 5.41) is 24.3. The first kappa shape index (κ1) is 26.5. The van der Waals surface area contributed by atoms with E-state index in [4.69, 9.17) is 21.1 Å². The average Bonchev–Trinajstić information content (AvgIpc) is 3.65. The number of ether oxygens (including phenoxy) is 1. The van der Waals surface area contributed by atoms with E-state index >= 15 is 0 Å². The molecule has 4 fully saturated rings. The van der Waals surface area contributed by atoms with Gasteiger partial charge in [-0.2, -0.15) is 9.97 Å². The van der Waals surface area contributed by atoms with Crippen LogP contribution in [0.3, 0.4) is 0 Å². The van der Waals surface area contributed by atoms with Gasteiger partial charge >= 0.3 is 6.01 Å². The number of nitrogens with one attached hydrogen (secondary N) is 1. The molecule has 6 heterocycles. The molecule has 2 unspecified atom stereocenters. The highest BCUT2D eigenvalue weighted by Crippen LogP contribution is 2.41. The molecule has 9 nitrogen and oxygen atoms in total. The second-order valence-electron chi connectivity index (χ2n) is 12.4. The number of piperazine rings is 1. The third-order valence-electron chi connectivity index (χ3n) is 9.62. The van der Waals surface area contributed by atoms with Gasteiger partial charge in [0.15, 0.2) is 11.3 Å². The lowest BCUT2D eigenvalue weighted by Gasteiger charge is -2.34. The minimum absolute atomic E-state index is 0.00854. The molecular formula is C32H31F2N7O2. The van der Waals surface area contributed by atoms with Gasteiger partial charge in [-0.25, -0.2) is 8.78 Å².